The lowest BCUT2D eigenvalue weighted by Gasteiger charge is -2.43. The van der Waals surface area contributed by atoms with Gasteiger partial charge in [0.05, 0.1) is 11.4 Å². The van der Waals surface area contributed by atoms with Crippen LogP contribution < -0.4 is 0 Å². The molecule has 0 spiro atoms. The van der Waals surface area contributed by atoms with Crippen molar-refractivity contribution in [2.24, 2.45) is 5.92 Å². The van der Waals surface area contributed by atoms with Crippen LogP contribution in [0.2, 0.25) is 0 Å². The quantitative estimate of drug-likeness (QED) is 0.410. The first-order valence-corrected chi connectivity index (χ1v) is 16.2. The van der Waals surface area contributed by atoms with Crippen LogP contribution in [0.5, 0.6) is 0 Å². The number of benzene rings is 2. The number of amides is 3. The molecule has 44 heavy (non-hydrogen) atoms. The maximum atomic E-state index is 13.8. The third-order valence-corrected chi connectivity index (χ3v) is 9.60. The second kappa shape index (κ2) is 13.7. The summed E-state index contributed by atoms with van der Waals surface area (Å²) in [5.41, 5.74) is 4.26. The van der Waals surface area contributed by atoms with E-state index in [4.69, 9.17) is 4.98 Å². The number of carbonyl (C=O) groups is 3. The van der Waals surface area contributed by atoms with Crippen LogP contribution in [-0.2, 0) is 9.59 Å². The molecule has 8 heteroatoms. The molecule has 0 saturated carbocycles. The molecule has 0 unspecified atom stereocenters. The SMILES string of the molecule is CCC(=O)N1CCC(C(=O)N2CCC(N3CCN(C(=O)c4cc(-c5ccccc5)nc(-c5ccccc5)c4)CC3)CC2)CC1. The van der Waals surface area contributed by atoms with Crippen molar-refractivity contribution in [3.8, 4) is 22.5 Å². The predicted octanol–water partition coefficient (Wildman–Crippen LogP) is 4.81. The number of pyridine rings is 1. The molecule has 4 heterocycles. The zero-order valence-electron chi connectivity index (χ0n) is 25.7. The van der Waals surface area contributed by atoms with Crippen LogP contribution in [0.3, 0.4) is 0 Å². The zero-order chi connectivity index (χ0) is 30.5. The average molecular weight is 594 g/mol. The predicted molar refractivity (Wildman–Crippen MR) is 172 cm³/mol. The third-order valence-electron chi connectivity index (χ3n) is 9.60. The summed E-state index contributed by atoms with van der Waals surface area (Å²) in [7, 11) is 0. The minimum Gasteiger partial charge on any atom is -0.343 e. The van der Waals surface area contributed by atoms with Crippen LogP contribution in [0, 0.1) is 5.92 Å². The summed E-state index contributed by atoms with van der Waals surface area (Å²) in [6, 6.07) is 24.4. The molecule has 0 atom stereocenters. The van der Waals surface area contributed by atoms with Gasteiger partial charge < -0.3 is 14.7 Å². The molecule has 3 aliphatic rings. The van der Waals surface area contributed by atoms with Crippen LogP contribution in [-0.4, -0.2) is 101 Å². The van der Waals surface area contributed by atoms with Crippen LogP contribution in [0.25, 0.3) is 22.5 Å². The molecule has 0 N–H and O–H groups in total. The second-order valence-electron chi connectivity index (χ2n) is 12.3. The van der Waals surface area contributed by atoms with Crippen LogP contribution in [0.15, 0.2) is 72.8 Å². The molecule has 0 bridgehead atoms. The molecule has 3 fully saturated rings. The van der Waals surface area contributed by atoms with Gasteiger partial charge in [0.2, 0.25) is 11.8 Å². The summed E-state index contributed by atoms with van der Waals surface area (Å²) in [5, 5.41) is 0. The summed E-state index contributed by atoms with van der Waals surface area (Å²) < 4.78 is 0. The van der Waals surface area contributed by atoms with Crippen LogP contribution in [0.1, 0.15) is 49.4 Å². The Bertz CT molecular complexity index is 1380. The van der Waals surface area contributed by atoms with E-state index in [2.05, 4.69) is 9.80 Å². The maximum absolute atomic E-state index is 13.8. The summed E-state index contributed by atoms with van der Waals surface area (Å²) in [5.74, 6) is 0.547. The van der Waals surface area contributed by atoms with E-state index in [1.54, 1.807) is 0 Å². The van der Waals surface area contributed by atoms with E-state index in [9.17, 15) is 14.4 Å². The first-order valence-electron chi connectivity index (χ1n) is 16.2. The largest absolute Gasteiger partial charge is 0.343 e. The van der Waals surface area contributed by atoms with E-state index >= 15 is 0 Å². The van der Waals surface area contributed by atoms with Crippen molar-refractivity contribution in [1.29, 1.82) is 0 Å². The monoisotopic (exact) mass is 593 g/mol. The smallest absolute Gasteiger partial charge is 0.254 e. The lowest BCUT2D eigenvalue weighted by molar-refractivity contribution is -0.141. The molecular weight excluding hydrogens is 550 g/mol. The number of rotatable bonds is 6. The number of piperidine rings is 2. The molecular formula is C36H43N5O3. The molecule has 1 aromatic heterocycles. The second-order valence-corrected chi connectivity index (χ2v) is 12.3. The van der Waals surface area contributed by atoms with E-state index < -0.39 is 0 Å². The lowest BCUT2D eigenvalue weighted by Crippen LogP contribution is -2.55. The molecule has 0 radical (unpaired) electrons. The summed E-state index contributed by atoms with van der Waals surface area (Å²) in [6.07, 6.45) is 4.02. The van der Waals surface area contributed by atoms with Crippen molar-refractivity contribution in [1.82, 2.24) is 24.6 Å². The summed E-state index contributed by atoms with van der Waals surface area (Å²) in [4.78, 5) is 52.4. The summed E-state index contributed by atoms with van der Waals surface area (Å²) in [6.45, 7) is 7.94. The average Bonchev–Trinajstić information content (AvgIpc) is 3.11. The number of hydrogen-bond donors (Lipinski definition) is 0. The Kier molecular flexibility index (Phi) is 9.36. The van der Waals surface area contributed by atoms with Gasteiger partial charge in [-0.3, -0.25) is 19.3 Å². The highest BCUT2D eigenvalue weighted by molar-refractivity contribution is 5.96. The molecule has 230 valence electrons. The standard InChI is InChI=1S/C36H43N5O3/c1-2-34(42)39-17-13-29(14-18-39)35(43)40-19-15-31(16-20-40)38-21-23-41(24-22-38)36(44)30-25-32(27-9-5-3-6-10-27)37-33(26-30)28-11-7-4-8-12-28/h3-12,25-26,29,31H,2,13-24H2,1H3. The van der Waals surface area contributed by atoms with Gasteiger partial charge in [0.1, 0.15) is 0 Å². The van der Waals surface area contributed by atoms with Gasteiger partial charge in [-0.15, -0.1) is 0 Å². The van der Waals surface area contributed by atoms with Gasteiger partial charge in [-0.2, -0.15) is 0 Å². The topological polar surface area (TPSA) is 77.1 Å². The third kappa shape index (κ3) is 6.70. The highest BCUT2D eigenvalue weighted by Crippen LogP contribution is 2.27. The Labute approximate surface area is 260 Å². The van der Waals surface area contributed by atoms with Crippen molar-refractivity contribution in [3.63, 3.8) is 0 Å². The Balaban J connectivity index is 1.04. The number of likely N-dealkylation sites (tertiary alicyclic amines) is 2. The fourth-order valence-electron chi connectivity index (χ4n) is 6.95. The van der Waals surface area contributed by atoms with E-state index in [1.165, 1.54) is 0 Å². The van der Waals surface area contributed by atoms with Crippen molar-refractivity contribution in [2.45, 2.75) is 45.1 Å². The van der Waals surface area contributed by atoms with Crippen molar-refractivity contribution in [2.75, 3.05) is 52.4 Å². The highest BCUT2D eigenvalue weighted by atomic mass is 16.2. The molecule has 3 aromatic rings. The van der Waals surface area contributed by atoms with Gasteiger partial charge >= 0.3 is 0 Å². The van der Waals surface area contributed by atoms with Gasteiger partial charge in [0.25, 0.3) is 5.91 Å². The van der Waals surface area contributed by atoms with E-state index in [0.717, 1.165) is 74.4 Å². The van der Waals surface area contributed by atoms with Crippen molar-refractivity contribution < 1.29 is 14.4 Å². The Morgan fingerprint density at radius 3 is 1.70 bits per heavy atom. The first-order chi connectivity index (χ1) is 21.5. The van der Waals surface area contributed by atoms with Gasteiger partial charge in [-0.1, -0.05) is 67.6 Å². The molecule has 3 amide bonds. The fourth-order valence-corrected chi connectivity index (χ4v) is 6.95. The Morgan fingerprint density at radius 2 is 1.18 bits per heavy atom. The minimum atomic E-state index is 0.0417. The molecule has 0 aliphatic carbocycles. The lowest BCUT2D eigenvalue weighted by atomic mass is 9.93. The molecule has 8 nitrogen and oxygen atoms in total. The number of aromatic nitrogens is 1. The Hall–Kier alpha value is -4.04. The van der Waals surface area contributed by atoms with Gasteiger partial charge in [-0.05, 0) is 37.8 Å². The van der Waals surface area contributed by atoms with Crippen molar-refractivity contribution in [3.05, 3.63) is 78.4 Å². The molecule has 3 saturated heterocycles. The number of piperazine rings is 1. The number of hydrogen-bond acceptors (Lipinski definition) is 5. The minimum absolute atomic E-state index is 0.0417. The van der Waals surface area contributed by atoms with E-state index in [0.29, 0.717) is 44.2 Å². The van der Waals surface area contributed by atoms with E-state index in [-0.39, 0.29) is 23.6 Å². The van der Waals surface area contributed by atoms with Gasteiger partial charge in [-0.25, -0.2) is 4.98 Å². The van der Waals surface area contributed by atoms with Crippen LogP contribution >= 0.6 is 0 Å². The van der Waals surface area contributed by atoms with Gasteiger partial charge in [0.15, 0.2) is 0 Å². The fraction of sp³-hybridized carbons (Fsp3) is 0.444. The Morgan fingerprint density at radius 1 is 0.659 bits per heavy atom. The number of carbonyl (C=O) groups excluding carboxylic acids is 3. The molecule has 2 aromatic carbocycles. The highest BCUT2D eigenvalue weighted by Gasteiger charge is 2.34. The molecule has 3 aliphatic heterocycles. The summed E-state index contributed by atoms with van der Waals surface area (Å²) >= 11 is 0. The number of nitrogens with zero attached hydrogens (tertiary/aromatic N) is 5. The van der Waals surface area contributed by atoms with Crippen LogP contribution in [0.4, 0.5) is 0 Å². The van der Waals surface area contributed by atoms with Gasteiger partial charge in [0, 0.05) is 87.4 Å². The van der Waals surface area contributed by atoms with E-state index in [1.807, 2.05) is 89.5 Å². The first kappa shape index (κ1) is 30.0. The normalized spacial score (nSPS) is 18.8. The molecule has 6 rings (SSSR count). The van der Waals surface area contributed by atoms with Crippen molar-refractivity contribution >= 4 is 17.7 Å². The zero-order valence-corrected chi connectivity index (χ0v) is 25.7. The maximum Gasteiger partial charge on any atom is 0.254 e.